The third-order valence-electron chi connectivity index (χ3n) is 4.66. The molecule has 0 saturated carbocycles. The van der Waals surface area contributed by atoms with Crippen LogP contribution in [0.4, 0.5) is 8.78 Å². The van der Waals surface area contributed by atoms with Gasteiger partial charge >= 0.3 is 0 Å². The maximum absolute atomic E-state index is 14.3. The van der Waals surface area contributed by atoms with Crippen LogP contribution in [-0.2, 0) is 0 Å². The van der Waals surface area contributed by atoms with Crippen LogP contribution >= 0.6 is 11.6 Å². The summed E-state index contributed by atoms with van der Waals surface area (Å²) in [6.07, 6.45) is 4.86. The van der Waals surface area contributed by atoms with Gasteiger partial charge in [0.05, 0.1) is 27.9 Å². The molecule has 3 aromatic heterocycles. The zero-order valence-corrected chi connectivity index (χ0v) is 15.5. The number of benzene rings is 2. The second-order valence-electron chi connectivity index (χ2n) is 6.44. The number of H-pyrrole nitrogens is 1. The minimum absolute atomic E-state index is 0.242. The monoisotopic (exact) mass is 407 g/mol. The lowest BCUT2D eigenvalue weighted by molar-refractivity contribution is 0.585. The first-order chi connectivity index (χ1) is 14.1. The first-order valence-electron chi connectivity index (χ1n) is 8.68. The fraction of sp³-hybridized carbons (Fsp3) is 0. The molecule has 0 aliphatic rings. The maximum Gasteiger partial charge on any atom is 0.138 e. The molecule has 5 rings (SSSR count). The van der Waals surface area contributed by atoms with Gasteiger partial charge < -0.3 is 0 Å². The minimum Gasteiger partial charge on any atom is -0.283 e. The molecule has 0 radical (unpaired) electrons. The quantitative estimate of drug-likeness (QED) is 0.435. The van der Waals surface area contributed by atoms with Crippen LogP contribution in [0.2, 0.25) is 5.02 Å². The molecule has 8 heteroatoms. The fourth-order valence-corrected chi connectivity index (χ4v) is 3.38. The Morgan fingerprint density at radius 1 is 0.897 bits per heavy atom. The number of hydrogen-bond donors (Lipinski definition) is 1. The number of aromatic nitrogens is 5. The normalized spacial score (nSPS) is 11.3. The van der Waals surface area contributed by atoms with E-state index in [-0.39, 0.29) is 5.56 Å². The molecule has 2 aromatic carbocycles. The number of halogens is 3. The van der Waals surface area contributed by atoms with Crippen LogP contribution in [0.3, 0.4) is 0 Å². The molecule has 3 heterocycles. The number of aromatic amines is 1. The highest BCUT2D eigenvalue weighted by atomic mass is 35.5. The zero-order chi connectivity index (χ0) is 20.0. The molecule has 0 fully saturated rings. The van der Waals surface area contributed by atoms with Crippen molar-refractivity contribution < 1.29 is 8.78 Å². The van der Waals surface area contributed by atoms with Crippen LogP contribution in [0.5, 0.6) is 0 Å². The highest BCUT2D eigenvalue weighted by molar-refractivity contribution is 6.30. The molecular formula is C21H12ClF2N5. The molecule has 0 aliphatic carbocycles. The molecule has 0 atom stereocenters. The molecular weight excluding hydrogens is 396 g/mol. The van der Waals surface area contributed by atoms with Crippen LogP contribution in [0.1, 0.15) is 0 Å². The molecule has 1 N–H and O–H groups in total. The predicted molar refractivity (Wildman–Crippen MR) is 107 cm³/mol. The van der Waals surface area contributed by atoms with E-state index in [1.807, 2.05) is 22.8 Å². The Labute approximate surface area is 168 Å². The number of pyridine rings is 1. The van der Waals surface area contributed by atoms with Crippen LogP contribution in [0.15, 0.2) is 67.3 Å². The highest BCUT2D eigenvalue weighted by Gasteiger charge is 2.16. The van der Waals surface area contributed by atoms with Gasteiger partial charge in [-0.05, 0) is 42.0 Å². The van der Waals surface area contributed by atoms with Crippen LogP contribution < -0.4 is 0 Å². The third-order valence-corrected chi connectivity index (χ3v) is 4.88. The summed E-state index contributed by atoms with van der Waals surface area (Å²) in [5.41, 5.74) is 3.81. The van der Waals surface area contributed by atoms with E-state index in [1.54, 1.807) is 30.9 Å². The summed E-state index contributed by atoms with van der Waals surface area (Å²) < 4.78 is 29.4. The van der Waals surface area contributed by atoms with Crippen molar-refractivity contribution in [3.63, 3.8) is 0 Å². The van der Waals surface area contributed by atoms with Crippen molar-refractivity contribution in [2.45, 2.75) is 0 Å². The second kappa shape index (κ2) is 6.79. The van der Waals surface area contributed by atoms with Gasteiger partial charge in [0, 0.05) is 23.4 Å². The lowest BCUT2D eigenvalue weighted by atomic mass is 10.0. The molecule has 0 unspecified atom stereocenters. The lowest BCUT2D eigenvalue weighted by Gasteiger charge is -2.07. The molecule has 29 heavy (non-hydrogen) atoms. The summed E-state index contributed by atoms with van der Waals surface area (Å²) in [7, 11) is 0. The molecule has 142 valence electrons. The number of nitrogens with one attached hydrogen (secondary N) is 1. The Bertz CT molecular complexity index is 1340. The number of nitrogens with zero attached hydrogens (tertiary/aromatic N) is 4. The van der Waals surface area contributed by atoms with Gasteiger partial charge in [-0.2, -0.15) is 5.10 Å². The zero-order valence-electron chi connectivity index (χ0n) is 14.8. The molecule has 0 amide bonds. The van der Waals surface area contributed by atoms with Crippen molar-refractivity contribution in [3.05, 3.63) is 83.9 Å². The maximum atomic E-state index is 14.3. The van der Waals surface area contributed by atoms with E-state index in [4.69, 9.17) is 11.6 Å². The van der Waals surface area contributed by atoms with Crippen LogP contribution in [-0.4, -0.2) is 24.7 Å². The SMILES string of the molecule is Fc1ccc(-c2[nH]ncc2-c2ccc3ncn(-c4ccc(Cl)cn4)c3c2)c(F)c1. The number of fused-ring (bicyclic) bond motifs is 1. The van der Waals surface area contributed by atoms with Crippen molar-refractivity contribution in [2.24, 2.45) is 0 Å². The van der Waals surface area contributed by atoms with E-state index in [0.717, 1.165) is 22.7 Å². The van der Waals surface area contributed by atoms with E-state index in [9.17, 15) is 8.78 Å². The van der Waals surface area contributed by atoms with Crippen LogP contribution in [0, 0.1) is 11.6 Å². The van der Waals surface area contributed by atoms with Crippen molar-refractivity contribution in [1.29, 1.82) is 0 Å². The molecule has 5 aromatic rings. The molecule has 0 spiro atoms. The number of hydrogen-bond acceptors (Lipinski definition) is 3. The first-order valence-corrected chi connectivity index (χ1v) is 9.06. The van der Waals surface area contributed by atoms with E-state index >= 15 is 0 Å². The fourth-order valence-electron chi connectivity index (χ4n) is 3.27. The summed E-state index contributed by atoms with van der Waals surface area (Å²) >= 11 is 5.93. The Morgan fingerprint density at radius 3 is 2.59 bits per heavy atom. The summed E-state index contributed by atoms with van der Waals surface area (Å²) in [6, 6.07) is 12.7. The summed E-state index contributed by atoms with van der Waals surface area (Å²) in [4.78, 5) is 8.74. The van der Waals surface area contributed by atoms with Gasteiger partial charge in [0.1, 0.15) is 23.8 Å². The largest absolute Gasteiger partial charge is 0.283 e. The summed E-state index contributed by atoms with van der Waals surface area (Å²) in [5, 5.41) is 7.42. The molecule has 5 nitrogen and oxygen atoms in total. The lowest BCUT2D eigenvalue weighted by Crippen LogP contribution is -1.95. The van der Waals surface area contributed by atoms with Crippen molar-refractivity contribution >= 4 is 22.6 Å². The van der Waals surface area contributed by atoms with Gasteiger partial charge in [0.2, 0.25) is 0 Å². The average Bonchev–Trinajstić information content (AvgIpc) is 3.35. The average molecular weight is 408 g/mol. The number of rotatable bonds is 3. The highest BCUT2D eigenvalue weighted by Crippen LogP contribution is 2.33. The Balaban J connectivity index is 1.65. The molecule has 0 bridgehead atoms. The predicted octanol–water partition coefficient (Wildman–Crippen LogP) is 5.41. The van der Waals surface area contributed by atoms with Gasteiger partial charge in [-0.15, -0.1) is 0 Å². The van der Waals surface area contributed by atoms with Crippen LogP contribution in [0.25, 0.3) is 39.2 Å². The first kappa shape index (κ1) is 17.5. The van der Waals surface area contributed by atoms with Crippen molar-refractivity contribution in [1.82, 2.24) is 24.7 Å². The smallest absolute Gasteiger partial charge is 0.138 e. The summed E-state index contributed by atoms with van der Waals surface area (Å²) in [5.74, 6) is -0.619. The Hall–Kier alpha value is -3.58. The van der Waals surface area contributed by atoms with Gasteiger partial charge in [0.25, 0.3) is 0 Å². The van der Waals surface area contributed by atoms with Gasteiger partial charge in [-0.3, -0.25) is 9.67 Å². The molecule has 0 aliphatic heterocycles. The minimum atomic E-state index is -0.660. The van der Waals surface area contributed by atoms with E-state index in [0.29, 0.717) is 22.1 Å². The van der Waals surface area contributed by atoms with Gasteiger partial charge in [0.15, 0.2) is 0 Å². The van der Waals surface area contributed by atoms with Crippen molar-refractivity contribution in [3.8, 4) is 28.2 Å². The summed E-state index contributed by atoms with van der Waals surface area (Å²) in [6.45, 7) is 0. The van der Waals surface area contributed by atoms with E-state index in [2.05, 4.69) is 20.2 Å². The standard InChI is InChI=1S/C21H12ClF2N5/c22-13-2-6-20(25-9-13)29-11-26-18-5-1-12(7-19(18)29)16-10-27-28-21(16)15-4-3-14(23)8-17(15)24/h1-11H,(H,27,28). The Kier molecular flexibility index (Phi) is 4.10. The van der Waals surface area contributed by atoms with Gasteiger partial charge in [-0.25, -0.2) is 18.7 Å². The number of imidazole rings is 1. The third kappa shape index (κ3) is 3.05. The van der Waals surface area contributed by atoms with E-state index < -0.39 is 11.6 Å². The Morgan fingerprint density at radius 2 is 1.79 bits per heavy atom. The topological polar surface area (TPSA) is 59.4 Å². The van der Waals surface area contributed by atoms with Crippen molar-refractivity contribution in [2.75, 3.05) is 0 Å². The second-order valence-corrected chi connectivity index (χ2v) is 6.87. The van der Waals surface area contributed by atoms with Gasteiger partial charge in [-0.1, -0.05) is 17.7 Å². The molecule has 0 saturated heterocycles. The van der Waals surface area contributed by atoms with E-state index in [1.165, 1.54) is 12.1 Å².